The Balaban J connectivity index is 1.40. The molecule has 0 N–H and O–H groups in total. The van der Waals surface area contributed by atoms with Gasteiger partial charge in [-0.2, -0.15) is 0 Å². The highest BCUT2D eigenvalue weighted by Gasteiger charge is 2.41. The van der Waals surface area contributed by atoms with E-state index >= 15 is 0 Å². The summed E-state index contributed by atoms with van der Waals surface area (Å²) in [5.41, 5.74) is 17.6. The molecule has 1 aliphatic carbocycles. The fraction of sp³-hybridized carbons (Fsp3) is 0.173. The van der Waals surface area contributed by atoms with Crippen LogP contribution in [0.5, 0.6) is 0 Å². The molecule has 0 fully saturated rings. The highest BCUT2D eigenvalue weighted by Crippen LogP contribution is 2.54. The number of benzene rings is 7. The Labute approximate surface area is 322 Å². The Bertz CT molecular complexity index is 2120. The Morgan fingerprint density at radius 3 is 0.981 bits per heavy atom. The molecule has 0 unspecified atom stereocenters. The van der Waals surface area contributed by atoms with Crippen LogP contribution in [0.2, 0.25) is 0 Å². The zero-order valence-electron chi connectivity index (χ0n) is 32.3. The van der Waals surface area contributed by atoms with Crippen molar-refractivity contribution in [2.24, 2.45) is 0 Å². The molecular formula is C52H49N2+. The van der Waals surface area contributed by atoms with Gasteiger partial charge in [-0.1, -0.05) is 114 Å². The first-order valence-electron chi connectivity index (χ1n) is 19.4. The molecule has 266 valence electrons. The van der Waals surface area contributed by atoms with Crippen LogP contribution in [-0.2, 0) is 0 Å². The molecular weight excluding hydrogens is 653 g/mol. The van der Waals surface area contributed by atoms with Crippen LogP contribution in [0.3, 0.4) is 0 Å². The molecule has 0 aliphatic heterocycles. The first-order valence-corrected chi connectivity index (χ1v) is 19.4. The number of nitrogens with zero attached hydrogens (tertiary/aromatic N) is 2. The van der Waals surface area contributed by atoms with Crippen molar-refractivity contribution in [2.45, 2.75) is 59.3 Å². The van der Waals surface area contributed by atoms with Crippen LogP contribution in [0.25, 0.3) is 11.1 Å². The number of anilines is 6. The van der Waals surface area contributed by atoms with Crippen LogP contribution in [0.4, 0.5) is 34.1 Å². The van der Waals surface area contributed by atoms with Crippen molar-refractivity contribution in [3.63, 3.8) is 0 Å². The maximum absolute atomic E-state index is 2.50. The molecule has 0 heterocycles. The lowest BCUT2D eigenvalue weighted by Crippen LogP contribution is -2.14. The quantitative estimate of drug-likeness (QED) is 0.131. The second kappa shape index (κ2) is 14.8. The van der Waals surface area contributed by atoms with Crippen molar-refractivity contribution in [2.75, 3.05) is 9.80 Å². The van der Waals surface area contributed by atoms with E-state index in [9.17, 15) is 0 Å². The first-order chi connectivity index (χ1) is 26.3. The lowest BCUT2D eigenvalue weighted by Gasteiger charge is -2.27. The van der Waals surface area contributed by atoms with Crippen LogP contribution >= 0.6 is 0 Å². The predicted octanol–water partition coefficient (Wildman–Crippen LogP) is 15.0. The number of hydrogen-bond acceptors (Lipinski definition) is 2. The van der Waals surface area contributed by atoms with Gasteiger partial charge in [0.1, 0.15) is 0 Å². The Hall–Kier alpha value is -5.99. The van der Waals surface area contributed by atoms with E-state index in [1.165, 1.54) is 50.4 Å². The number of fused-ring (bicyclic) bond motifs is 3. The number of rotatable bonds is 10. The summed E-state index contributed by atoms with van der Waals surface area (Å²) < 4.78 is 0. The molecule has 2 heteroatoms. The second-order valence-electron chi connectivity index (χ2n) is 15.4. The molecule has 0 saturated heterocycles. The van der Waals surface area contributed by atoms with Gasteiger partial charge in [-0.25, -0.2) is 0 Å². The topological polar surface area (TPSA) is 6.48 Å². The molecule has 0 amide bonds. The summed E-state index contributed by atoms with van der Waals surface area (Å²) in [6.07, 6.45) is 0. The van der Waals surface area contributed by atoms with Gasteiger partial charge in [0.25, 0.3) is 0 Å². The zero-order valence-corrected chi connectivity index (χ0v) is 32.3. The maximum atomic E-state index is 2.50. The third-order valence-corrected chi connectivity index (χ3v) is 10.8. The average Bonchev–Trinajstić information content (AvgIpc) is 3.51. The minimum atomic E-state index is 0.345. The maximum Gasteiger partial charge on any atom is 0.0716 e. The minimum absolute atomic E-state index is 0.345. The highest BCUT2D eigenvalue weighted by molar-refractivity contribution is 5.93. The molecule has 2 nitrogen and oxygen atoms in total. The molecule has 7 aromatic carbocycles. The van der Waals surface area contributed by atoms with E-state index in [0.717, 1.165) is 34.1 Å². The fourth-order valence-electron chi connectivity index (χ4n) is 8.09. The standard InChI is InChI=1S/C52H49N2/c1-35(2)38-31-47(36(3)4)51(48(32-38)37(5)6)52-49-33-43(53(39-19-11-7-12-20-39)40-21-13-8-14-22-40)27-29-45(49)46-30-28-44(34-50(46)52)54(41-23-15-9-16-24-41)42-25-17-10-18-26-42/h7-37H,1-6H3/q+1. The lowest BCUT2D eigenvalue weighted by molar-refractivity contribution is 0.790. The number of hydrogen-bond donors (Lipinski definition) is 0. The van der Waals surface area contributed by atoms with Crippen molar-refractivity contribution in [1.82, 2.24) is 0 Å². The molecule has 0 saturated carbocycles. The van der Waals surface area contributed by atoms with Gasteiger partial charge >= 0.3 is 0 Å². The van der Waals surface area contributed by atoms with E-state index in [1.54, 1.807) is 0 Å². The van der Waals surface area contributed by atoms with Crippen LogP contribution in [0.15, 0.2) is 170 Å². The predicted molar refractivity (Wildman–Crippen MR) is 231 cm³/mol. The Morgan fingerprint density at radius 2 is 0.685 bits per heavy atom. The van der Waals surface area contributed by atoms with Gasteiger partial charge in [-0.05, 0) is 108 Å². The highest BCUT2D eigenvalue weighted by atomic mass is 15.1. The van der Waals surface area contributed by atoms with E-state index in [4.69, 9.17) is 0 Å². The van der Waals surface area contributed by atoms with Crippen LogP contribution in [-0.4, -0.2) is 0 Å². The van der Waals surface area contributed by atoms with E-state index in [-0.39, 0.29) is 0 Å². The van der Waals surface area contributed by atoms with Gasteiger partial charge in [0.15, 0.2) is 0 Å². The lowest BCUT2D eigenvalue weighted by atomic mass is 9.76. The fourth-order valence-corrected chi connectivity index (χ4v) is 8.09. The molecule has 1 aliphatic rings. The van der Waals surface area contributed by atoms with Crippen LogP contribution < -0.4 is 9.80 Å². The summed E-state index contributed by atoms with van der Waals surface area (Å²) in [5, 5.41) is 0. The monoisotopic (exact) mass is 701 g/mol. The van der Waals surface area contributed by atoms with Crippen LogP contribution in [0, 0.1) is 5.92 Å². The molecule has 0 radical (unpaired) electrons. The summed E-state index contributed by atoms with van der Waals surface area (Å²) in [6, 6.07) is 62.1. The zero-order chi connectivity index (χ0) is 37.3. The van der Waals surface area contributed by atoms with Crippen molar-refractivity contribution < 1.29 is 0 Å². The van der Waals surface area contributed by atoms with E-state index in [0.29, 0.717) is 17.8 Å². The van der Waals surface area contributed by atoms with E-state index in [2.05, 4.69) is 221 Å². The average molecular weight is 702 g/mol. The van der Waals surface area contributed by atoms with Gasteiger partial charge in [-0.15, -0.1) is 0 Å². The molecule has 0 aromatic heterocycles. The van der Waals surface area contributed by atoms with Crippen molar-refractivity contribution in [1.29, 1.82) is 0 Å². The SMILES string of the molecule is CC(C)c1cc(C(C)C)c([C+]2c3cc(N(c4ccccc4)c4ccccc4)ccc3-c3ccc(N(c4ccccc4)c4ccccc4)cc32)c(C(C)C)c1. The van der Waals surface area contributed by atoms with Gasteiger partial charge in [0.05, 0.1) is 45.1 Å². The summed E-state index contributed by atoms with van der Waals surface area (Å²) in [4.78, 5) is 4.76. The largest absolute Gasteiger partial charge is 0.306 e. The summed E-state index contributed by atoms with van der Waals surface area (Å²) in [6.45, 7) is 14.1. The Morgan fingerprint density at radius 1 is 0.352 bits per heavy atom. The Kier molecular flexibility index (Phi) is 9.61. The minimum Gasteiger partial charge on any atom is -0.306 e. The molecule has 0 bridgehead atoms. The normalized spacial score (nSPS) is 12.0. The van der Waals surface area contributed by atoms with Crippen molar-refractivity contribution >= 4 is 34.1 Å². The summed E-state index contributed by atoms with van der Waals surface area (Å²) in [5.74, 6) is 2.46. The molecule has 0 atom stereocenters. The van der Waals surface area contributed by atoms with Gasteiger partial charge in [0.2, 0.25) is 0 Å². The van der Waals surface area contributed by atoms with Gasteiger partial charge in [0, 0.05) is 46.0 Å². The van der Waals surface area contributed by atoms with Crippen LogP contribution in [0.1, 0.15) is 92.7 Å². The van der Waals surface area contributed by atoms with Gasteiger partial charge < -0.3 is 9.80 Å². The molecule has 7 aromatic rings. The molecule has 8 rings (SSSR count). The van der Waals surface area contributed by atoms with Crippen molar-refractivity contribution in [3.8, 4) is 11.1 Å². The third-order valence-electron chi connectivity index (χ3n) is 10.8. The van der Waals surface area contributed by atoms with Gasteiger partial charge in [-0.3, -0.25) is 0 Å². The first kappa shape index (κ1) is 35.1. The molecule has 0 spiro atoms. The summed E-state index contributed by atoms with van der Waals surface area (Å²) in [7, 11) is 0. The summed E-state index contributed by atoms with van der Waals surface area (Å²) >= 11 is 0. The van der Waals surface area contributed by atoms with Crippen molar-refractivity contribution in [3.05, 3.63) is 209 Å². The second-order valence-corrected chi connectivity index (χ2v) is 15.4. The third kappa shape index (κ3) is 6.47. The molecule has 54 heavy (non-hydrogen) atoms. The smallest absolute Gasteiger partial charge is 0.0716 e. The van der Waals surface area contributed by atoms with E-state index < -0.39 is 0 Å². The van der Waals surface area contributed by atoms with E-state index in [1.807, 2.05) is 0 Å². The number of para-hydroxylation sites is 4.